The number of ether oxygens (including phenoxy) is 2. The van der Waals surface area contributed by atoms with Gasteiger partial charge in [-0.15, -0.1) is 0 Å². The van der Waals surface area contributed by atoms with Gasteiger partial charge in [0.25, 0.3) is 0 Å². The summed E-state index contributed by atoms with van der Waals surface area (Å²) in [7, 11) is 0. The monoisotopic (exact) mass is 280 g/mol. The Kier molecular flexibility index (Phi) is 4.40. The van der Waals surface area contributed by atoms with E-state index >= 15 is 0 Å². The number of aliphatic hydroxyl groups is 1. The summed E-state index contributed by atoms with van der Waals surface area (Å²) < 4.78 is 11.1. The Morgan fingerprint density at radius 2 is 2.25 bits per heavy atom. The summed E-state index contributed by atoms with van der Waals surface area (Å²) in [6.07, 6.45) is 0.568. The van der Waals surface area contributed by atoms with Gasteiger partial charge >= 0.3 is 0 Å². The number of rotatable bonds is 5. The summed E-state index contributed by atoms with van der Waals surface area (Å²) in [5, 5.41) is 13.7. The summed E-state index contributed by atoms with van der Waals surface area (Å²) in [5.74, 6) is 0.727. The van der Waals surface area contributed by atoms with Crippen molar-refractivity contribution in [2.45, 2.75) is 45.0 Å². The van der Waals surface area contributed by atoms with Gasteiger partial charge in [-0.2, -0.15) is 0 Å². The lowest BCUT2D eigenvalue weighted by Gasteiger charge is -2.27. The van der Waals surface area contributed by atoms with E-state index in [0.29, 0.717) is 25.3 Å². The molecule has 1 aliphatic heterocycles. The first kappa shape index (κ1) is 14.9. The van der Waals surface area contributed by atoms with Crippen LogP contribution >= 0.6 is 0 Å². The number of benzene rings is 1. The van der Waals surface area contributed by atoms with E-state index in [2.05, 4.69) is 5.32 Å². The average molecular weight is 280 g/mol. The van der Waals surface area contributed by atoms with E-state index in [0.717, 1.165) is 11.4 Å². The van der Waals surface area contributed by atoms with E-state index in [1.54, 1.807) is 6.07 Å². The van der Waals surface area contributed by atoms with Gasteiger partial charge in [-0.05, 0) is 26.8 Å². The molecule has 1 saturated heterocycles. The number of nitrogens with two attached hydrogens (primary N) is 1. The van der Waals surface area contributed by atoms with E-state index in [1.165, 1.54) is 0 Å². The molecular formula is C15H24N2O3. The largest absolute Gasteiger partial charge is 0.491 e. The minimum absolute atomic E-state index is 0.0945. The van der Waals surface area contributed by atoms with E-state index in [1.807, 2.05) is 32.9 Å². The third kappa shape index (κ3) is 3.55. The van der Waals surface area contributed by atoms with E-state index in [4.69, 9.17) is 15.2 Å². The van der Waals surface area contributed by atoms with Crippen molar-refractivity contribution in [1.82, 2.24) is 0 Å². The fourth-order valence-electron chi connectivity index (χ4n) is 2.32. The van der Waals surface area contributed by atoms with Crippen LogP contribution < -0.4 is 15.8 Å². The van der Waals surface area contributed by atoms with Crippen LogP contribution in [0, 0.1) is 0 Å². The van der Waals surface area contributed by atoms with Crippen molar-refractivity contribution in [1.29, 1.82) is 0 Å². The summed E-state index contributed by atoms with van der Waals surface area (Å²) in [4.78, 5) is 0. The van der Waals surface area contributed by atoms with Crippen LogP contribution in [0.5, 0.6) is 5.75 Å². The number of hydrogen-bond donors (Lipinski definition) is 3. The van der Waals surface area contributed by atoms with Crippen molar-refractivity contribution in [3.8, 4) is 5.75 Å². The summed E-state index contributed by atoms with van der Waals surface area (Å²) >= 11 is 0. The minimum atomic E-state index is -0.830. The summed E-state index contributed by atoms with van der Waals surface area (Å²) in [6, 6.07) is 5.51. The zero-order valence-corrected chi connectivity index (χ0v) is 12.3. The molecule has 1 fully saturated rings. The van der Waals surface area contributed by atoms with Gasteiger partial charge in [0.1, 0.15) is 11.4 Å². The molecule has 2 rings (SSSR count). The van der Waals surface area contributed by atoms with Gasteiger partial charge in [0.05, 0.1) is 12.2 Å². The van der Waals surface area contributed by atoms with Crippen molar-refractivity contribution < 1.29 is 14.6 Å². The molecule has 0 radical (unpaired) electrons. The van der Waals surface area contributed by atoms with Crippen LogP contribution in [0.2, 0.25) is 0 Å². The average Bonchev–Trinajstić information content (AvgIpc) is 2.66. The Balaban J connectivity index is 2.04. The van der Waals surface area contributed by atoms with Gasteiger partial charge in [0, 0.05) is 43.1 Å². The Hall–Kier alpha value is -1.46. The maximum atomic E-state index is 10.5. The quantitative estimate of drug-likeness (QED) is 0.719. The van der Waals surface area contributed by atoms with Crippen LogP contribution in [0.15, 0.2) is 18.2 Å². The van der Waals surface area contributed by atoms with Gasteiger partial charge in [-0.3, -0.25) is 0 Å². The molecule has 4 N–H and O–H groups in total. The number of nitrogen functional groups attached to an aromatic ring is 1. The van der Waals surface area contributed by atoms with Crippen LogP contribution in [-0.2, 0) is 4.74 Å². The van der Waals surface area contributed by atoms with Crippen LogP contribution in [0.3, 0.4) is 0 Å². The predicted octanol–water partition coefficient (Wildman–Crippen LogP) is 2.01. The maximum absolute atomic E-state index is 10.5. The fourth-order valence-corrected chi connectivity index (χ4v) is 2.32. The highest BCUT2D eigenvalue weighted by molar-refractivity contribution is 5.59. The van der Waals surface area contributed by atoms with E-state index < -0.39 is 5.60 Å². The minimum Gasteiger partial charge on any atom is -0.491 e. The molecule has 0 saturated carbocycles. The van der Waals surface area contributed by atoms with Gasteiger partial charge < -0.3 is 25.6 Å². The molecule has 20 heavy (non-hydrogen) atoms. The zero-order valence-electron chi connectivity index (χ0n) is 12.3. The second-order valence-corrected chi connectivity index (χ2v) is 5.68. The lowest BCUT2D eigenvalue weighted by atomic mass is 9.96. The SMILES string of the molecule is CC(C)Oc1cc(N)cc(NCC2(O)CCOC2C)c1. The maximum Gasteiger partial charge on any atom is 0.123 e. The Labute approximate surface area is 120 Å². The topological polar surface area (TPSA) is 76.7 Å². The molecular weight excluding hydrogens is 256 g/mol. The lowest BCUT2D eigenvalue weighted by molar-refractivity contribution is -0.0175. The Bertz CT molecular complexity index is 464. The molecule has 0 amide bonds. The lowest BCUT2D eigenvalue weighted by Crippen LogP contribution is -2.43. The molecule has 0 spiro atoms. The molecule has 0 aromatic heterocycles. The first-order valence-electron chi connectivity index (χ1n) is 7.04. The highest BCUT2D eigenvalue weighted by Gasteiger charge is 2.39. The van der Waals surface area contributed by atoms with Gasteiger partial charge in [-0.1, -0.05) is 0 Å². The fraction of sp³-hybridized carbons (Fsp3) is 0.600. The van der Waals surface area contributed by atoms with Crippen molar-refractivity contribution >= 4 is 11.4 Å². The third-order valence-corrected chi connectivity index (χ3v) is 3.56. The van der Waals surface area contributed by atoms with Crippen LogP contribution in [0.1, 0.15) is 27.2 Å². The first-order valence-corrected chi connectivity index (χ1v) is 7.04. The van der Waals surface area contributed by atoms with Gasteiger partial charge in [0.2, 0.25) is 0 Å². The molecule has 1 heterocycles. The van der Waals surface area contributed by atoms with Crippen molar-refractivity contribution in [3.05, 3.63) is 18.2 Å². The number of nitrogens with one attached hydrogen (secondary N) is 1. The van der Waals surface area contributed by atoms with Gasteiger partial charge in [-0.25, -0.2) is 0 Å². The second kappa shape index (κ2) is 5.89. The second-order valence-electron chi connectivity index (χ2n) is 5.68. The smallest absolute Gasteiger partial charge is 0.123 e. The van der Waals surface area contributed by atoms with Crippen LogP contribution in [0.25, 0.3) is 0 Å². The molecule has 5 nitrogen and oxygen atoms in total. The summed E-state index contributed by atoms with van der Waals surface area (Å²) in [6.45, 7) is 6.85. The highest BCUT2D eigenvalue weighted by atomic mass is 16.5. The molecule has 5 heteroatoms. The van der Waals surface area contributed by atoms with Crippen molar-refractivity contribution in [3.63, 3.8) is 0 Å². The molecule has 1 aromatic rings. The van der Waals surface area contributed by atoms with Crippen molar-refractivity contribution in [2.24, 2.45) is 0 Å². The first-order chi connectivity index (χ1) is 9.39. The Morgan fingerprint density at radius 3 is 2.85 bits per heavy atom. The molecule has 0 bridgehead atoms. The molecule has 0 aliphatic carbocycles. The van der Waals surface area contributed by atoms with Crippen molar-refractivity contribution in [2.75, 3.05) is 24.2 Å². The number of anilines is 2. The zero-order chi connectivity index (χ0) is 14.8. The van der Waals surface area contributed by atoms with E-state index in [9.17, 15) is 5.11 Å². The third-order valence-electron chi connectivity index (χ3n) is 3.56. The summed E-state index contributed by atoms with van der Waals surface area (Å²) in [5.41, 5.74) is 6.52. The van der Waals surface area contributed by atoms with E-state index in [-0.39, 0.29) is 12.2 Å². The van der Waals surface area contributed by atoms with Crippen LogP contribution in [0.4, 0.5) is 11.4 Å². The standard InChI is InChI=1S/C15H24N2O3/c1-10(2)20-14-7-12(16)6-13(8-14)17-9-15(18)4-5-19-11(15)3/h6-8,10-11,17-18H,4-5,9,16H2,1-3H3. The highest BCUT2D eigenvalue weighted by Crippen LogP contribution is 2.28. The normalized spacial score (nSPS) is 25.9. The molecule has 1 aliphatic rings. The molecule has 112 valence electrons. The Morgan fingerprint density at radius 1 is 1.50 bits per heavy atom. The molecule has 1 aromatic carbocycles. The van der Waals surface area contributed by atoms with Gasteiger partial charge in [0.15, 0.2) is 0 Å². The van der Waals surface area contributed by atoms with Crippen LogP contribution in [-0.4, -0.2) is 36.1 Å². The molecule has 2 atom stereocenters. The predicted molar refractivity (Wildman–Crippen MR) is 80.1 cm³/mol. The molecule has 2 unspecified atom stereocenters. The number of hydrogen-bond acceptors (Lipinski definition) is 5.